The molecule has 0 aliphatic heterocycles. The molecule has 21 heavy (non-hydrogen) atoms. The molecule has 0 aliphatic rings. The van der Waals surface area contributed by atoms with Crippen LogP contribution in [0.15, 0.2) is 53.7 Å². The maximum Gasteiger partial charge on any atom is 0.178 e. The van der Waals surface area contributed by atoms with E-state index in [0.717, 1.165) is 16.0 Å². The Morgan fingerprint density at radius 1 is 1.29 bits per heavy atom. The van der Waals surface area contributed by atoms with Crippen LogP contribution in [0.1, 0.15) is 11.1 Å². The first-order valence-electron chi connectivity index (χ1n) is 6.53. The Kier molecular flexibility index (Phi) is 3.96. The van der Waals surface area contributed by atoms with Crippen molar-refractivity contribution in [1.29, 1.82) is 0 Å². The molecule has 0 aliphatic carbocycles. The molecule has 3 rings (SSSR count). The van der Waals surface area contributed by atoms with E-state index in [0.29, 0.717) is 6.54 Å². The fraction of sp³-hybridized carbons (Fsp3) is 0.133. The Hall–Kier alpha value is -2.21. The van der Waals surface area contributed by atoms with Gasteiger partial charge >= 0.3 is 0 Å². The van der Waals surface area contributed by atoms with Crippen LogP contribution in [0.4, 0.5) is 5.69 Å². The molecule has 1 aromatic carbocycles. The number of benzene rings is 1. The van der Waals surface area contributed by atoms with Gasteiger partial charge < -0.3 is 5.32 Å². The molecule has 0 amide bonds. The molecular formula is C15H14BrN5. The smallest absolute Gasteiger partial charge is 0.178 e. The molecule has 0 saturated heterocycles. The number of pyridine rings is 1. The molecule has 0 bridgehead atoms. The van der Waals surface area contributed by atoms with Crippen LogP contribution < -0.4 is 5.32 Å². The first-order chi connectivity index (χ1) is 10.2. The van der Waals surface area contributed by atoms with Gasteiger partial charge in [0.1, 0.15) is 12.7 Å². The van der Waals surface area contributed by atoms with Gasteiger partial charge in [-0.3, -0.25) is 0 Å². The number of aryl methyl sites for hydroxylation is 1. The maximum atomic E-state index is 4.36. The second-order valence-electron chi connectivity index (χ2n) is 4.66. The van der Waals surface area contributed by atoms with Crippen LogP contribution in [0, 0.1) is 6.92 Å². The first-order valence-corrected chi connectivity index (χ1v) is 7.32. The summed E-state index contributed by atoms with van der Waals surface area (Å²) in [5.74, 6) is 0.734. The molecule has 0 fully saturated rings. The highest BCUT2D eigenvalue weighted by molar-refractivity contribution is 9.10. The summed E-state index contributed by atoms with van der Waals surface area (Å²) < 4.78 is 2.74. The second-order valence-corrected chi connectivity index (χ2v) is 5.52. The van der Waals surface area contributed by atoms with E-state index in [9.17, 15) is 0 Å². The largest absolute Gasteiger partial charge is 0.378 e. The fourth-order valence-corrected chi connectivity index (χ4v) is 2.65. The quantitative estimate of drug-likeness (QED) is 0.789. The van der Waals surface area contributed by atoms with Gasteiger partial charge in [0.15, 0.2) is 5.82 Å². The van der Waals surface area contributed by atoms with Gasteiger partial charge in [-0.25, -0.2) is 14.6 Å². The van der Waals surface area contributed by atoms with E-state index in [1.165, 1.54) is 17.5 Å². The van der Waals surface area contributed by atoms with E-state index in [-0.39, 0.29) is 0 Å². The number of hydrogen-bond donors (Lipinski definition) is 1. The van der Waals surface area contributed by atoms with E-state index in [4.69, 9.17) is 0 Å². The standard InChI is InChI=1S/C15H14BrN5/c1-11-4-5-12(13(16)7-11)8-19-14-3-2-6-18-15(14)21-10-17-9-20-21/h2-7,9-10,19H,8H2,1H3. The number of anilines is 1. The summed E-state index contributed by atoms with van der Waals surface area (Å²) in [6, 6.07) is 10.2. The lowest BCUT2D eigenvalue weighted by atomic mass is 10.1. The van der Waals surface area contributed by atoms with Crippen molar-refractivity contribution in [2.24, 2.45) is 0 Å². The molecule has 5 nitrogen and oxygen atoms in total. The average molecular weight is 344 g/mol. The number of aromatic nitrogens is 4. The minimum atomic E-state index is 0.703. The molecule has 106 valence electrons. The first kappa shape index (κ1) is 13.8. The normalized spacial score (nSPS) is 10.6. The molecule has 6 heteroatoms. The predicted molar refractivity (Wildman–Crippen MR) is 85.4 cm³/mol. The number of halogens is 1. The molecule has 1 N–H and O–H groups in total. The highest BCUT2D eigenvalue weighted by Gasteiger charge is 2.07. The van der Waals surface area contributed by atoms with Crippen molar-refractivity contribution in [3.05, 3.63) is 64.8 Å². The van der Waals surface area contributed by atoms with Crippen molar-refractivity contribution >= 4 is 21.6 Å². The van der Waals surface area contributed by atoms with E-state index in [2.05, 4.69) is 61.4 Å². The van der Waals surface area contributed by atoms with Crippen molar-refractivity contribution < 1.29 is 0 Å². The second kappa shape index (κ2) is 6.05. The summed E-state index contributed by atoms with van der Waals surface area (Å²) in [5.41, 5.74) is 3.33. The van der Waals surface area contributed by atoms with Gasteiger partial charge in [0.2, 0.25) is 0 Å². The van der Waals surface area contributed by atoms with Crippen molar-refractivity contribution in [3.63, 3.8) is 0 Å². The van der Waals surface area contributed by atoms with E-state index >= 15 is 0 Å². The zero-order chi connectivity index (χ0) is 14.7. The third-order valence-corrected chi connectivity index (χ3v) is 3.84. The average Bonchev–Trinajstić information content (AvgIpc) is 3.01. The minimum absolute atomic E-state index is 0.703. The number of nitrogens with one attached hydrogen (secondary N) is 1. The van der Waals surface area contributed by atoms with Crippen LogP contribution >= 0.6 is 15.9 Å². The topological polar surface area (TPSA) is 55.6 Å². The molecule has 2 heterocycles. The van der Waals surface area contributed by atoms with Gasteiger partial charge in [-0.2, -0.15) is 5.10 Å². The lowest BCUT2D eigenvalue weighted by Gasteiger charge is -2.12. The Morgan fingerprint density at radius 2 is 2.19 bits per heavy atom. The monoisotopic (exact) mass is 343 g/mol. The predicted octanol–water partition coefficient (Wildman–Crippen LogP) is 3.35. The maximum absolute atomic E-state index is 4.36. The summed E-state index contributed by atoms with van der Waals surface area (Å²) in [6.45, 7) is 2.78. The summed E-state index contributed by atoms with van der Waals surface area (Å²) in [7, 11) is 0. The molecular weight excluding hydrogens is 330 g/mol. The third kappa shape index (κ3) is 3.11. The Labute approximate surface area is 131 Å². The Morgan fingerprint density at radius 3 is 2.95 bits per heavy atom. The van der Waals surface area contributed by atoms with Crippen LogP contribution in [-0.2, 0) is 6.54 Å². The van der Waals surface area contributed by atoms with Gasteiger partial charge in [-0.1, -0.05) is 28.1 Å². The Balaban J connectivity index is 1.83. The van der Waals surface area contributed by atoms with E-state index < -0.39 is 0 Å². The Bertz CT molecular complexity index is 740. The van der Waals surface area contributed by atoms with Crippen LogP contribution in [-0.4, -0.2) is 19.7 Å². The summed E-state index contributed by atoms with van der Waals surface area (Å²) in [4.78, 5) is 8.31. The molecule has 0 saturated carbocycles. The van der Waals surface area contributed by atoms with Gasteiger partial charge in [0.25, 0.3) is 0 Å². The van der Waals surface area contributed by atoms with Crippen molar-refractivity contribution in [3.8, 4) is 5.82 Å². The van der Waals surface area contributed by atoms with Crippen molar-refractivity contribution in [2.45, 2.75) is 13.5 Å². The molecule has 0 spiro atoms. The number of rotatable bonds is 4. The van der Waals surface area contributed by atoms with Gasteiger partial charge in [0, 0.05) is 17.2 Å². The zero-order valence-corrected chi connectivity index (χ0v) is 13.1. The van der Waals surface area contributed by atoms with E-state index in [1.807, 2.05) is 12.1 Å². The van der Waals surface area contributed by atoms with Crippen molar-refractivity contribution in [1.82, 2.24) is 19.7 Å². The molecule has 2 aromatic heterocycles. The van der Waals surface area contributed by atoms with Crippen molar-refractivity contribution in [2.75, 3.05) is 5.32 Å². The fourth-order valence-electron chi connectivity index (χ4n) is 2.02. The van der Waals surface area contributed by atoms with Crippen LogP contribution in [0.5, 0.6) is 0 Å². The molecule has 0 radical (unpaired) electrons. The summed E-state index contributed by atoms with van der Waals surface area (Å²) in [5, 5.41) is 7.52. The zero-order valence-electron chi connectivity index (χ0n) is 11.5. The van der Waals surface area contributed by atoms with Gasteiger partial charge in [-0.05, 0) is 36.2 Å². The summed E-state index contributed by atoms with van der Waals surface area (Å²) in [6.07, 6.45) is 4.87. The molecule has 3 aromatic rings. The minimum Gasteiger partial charge on any atom is -0.378 e. The van der Waals surface area contributed by atoms with Gasteiger partial charge in [0.05, 0.1) is 5.69 Å². The van der Waals surface area contributed by atoms with E-state index in [1.54, 1.807) is 17.2 Å². The van der Waals surface area contributed by atoms with Crippen LogP contribution in [0.25, 0.3) is 5.82 Å². The number of hydrogen-bond acceptors (Lipinski definition) is 4. The van der Waals surface area contributed by atoms with Gasteiger partial charge in [-0.15, -0.1) is 0 Å². The molecule has 0 atom stereocenters. The summed E-state index contributed by atoms with van der Waals surface area (Å²) >= 11 is 3.59. The highest BCUT2D eigenvalue weighted by Crippen LogP contribution is 2.21. The van der Waals surface area contributed by atoms with Crippen LogP contribution in [0.2, 0.25) is 0 Å². The highest BCUT2D eigenvalue weighted by atomic mass is 79.9. The molecule has 0 unspecified atom stereocenters. The number of nitrogens with zero attached hydrogens (tertiary/aromatic N) is 4. The third-order valence-electron chi connectivity index (χ3n) is 3.10. The SMILES string of the molecule is Cc1ccc(CNc2cccnc2-n2cncn2)c(Br)c1. The van der Waals surface area contributed by atoms with Crippen LogP contribution in [0.3, 0.4) is 0 Å². The lowest BCUT2D eigenvalue weighted by Crippen LogP contribution is -2.07. The lowest BCUT2D eigenvalue weighted by molar-refractivity contribution is 0.844.